The van der Waals surface area contributed by atoms with Crippen LogP contribution in [0.4, 0.5) is 0 Å². The molecule has 0 amide bonds. The van der Waals surface area contributed by atoms with Crippen molar-refractivity contribution in [2.45, 2.75) is 0 Å². The minimum atomic E-state index is 0.315. The van der Waals surface area contributed by atoms with Gasteiger partial charge in [0.15, 0.2) is 0 Å². The standard InChI is InChI=1S/C16H10Cl2O/c17-15-13(11-7-3-1-4-8-11)14(16(18)19-15)12-9-5-2-6-10-12/h1-10H. The number of halogens is 2. The Morgan fingerprint density at radius 3 is 1.32 bits per heavy atom. The van der Waals surface area contributed by atoms with Crippen LogP contribution in [0.5, 0.6) is 0 Å². The monoisotopic (exact) mass is 288 g/mol. The van der Waals surface area contributed by atoms with Crippen LogP contribution < -0.4 is 0 Å². The summed E-state index contributed by atoms with van der Waals surface area (Å²) in [6, 6.07) is 19.7. The van der Waals surface area contributed by atoms with E-state index in [9.17, 15) is 0 Å². The van der Waals surface area contributed by atoms with Gasteiger partial charge in [-0.1, -0.05) is 60.7 Å². The van der Waals surface area contributed by atoms with E-state index in [1.807, 2.05) is 60.7 Å². The molecule has 0 bridgehead atoms. The van der Waals surface area contributed by atoms with Gasteiger partial charge in [-0.15, -0.1) is 0 Å². The summed E-state index contributed by atoms with van der Waals surface area (Å²) in [5.74, 6) is 0. The molecule has 1 heterocycles. The minimum absolute atomic E-state index is 0.315. The molecule has 0 aliphatic rings. The summed E-state index contributed by atoms with van der Waals surface area (Å²) in [7, 11) is 0. The summed E-state index contributed by atoms with van der Waals surface area (Å²) >= 11 is 12.4. The van der Waals surface area contributed by atoms with Crippen molar-refractivity contribution in [2.75, 3.05) is 0 Å². The molecule has 3 rings (SSSR count). The Morgan fingerprint density at radius 2 is 0.947 bits per heavy atom. The average molecular weight is 289 g/mol. The third kappa shape index (κ3) is 2.27. The zero-order valence-electron chi connectivity index (χ0n) is 9.94. The molecule has 1 nitrogen and oxygen atoms in total. The van der Waals surface area contributed by atoms with Crippen molar-refractivity contribution in [1.29, 1.82) is 0 Å². The van der Waals surface area contributed by atoms with Crippen molar-refractivity contribution in [1.82, 2.24) is 0 Å². The second-order valence-corrected chi connectivity index (χ2v) is 4.82. The van der Waals surface area contributed by atoms with Crippen LogP contribution in [0.3, 0.4) is 0 Å². The first kappa shape index (κ1) is 12.3. The van der Waals surface area contributed by atoms with Gasteiger partial charge in [-0.2, -0.15) is 0 Å². The van der Waals surface area contributed by atoms with Crippen molar-refractivity contribution < 1.29 is 4.42 Å². The second-order valence-electron chi connectivity index (χ2n) is 4.13. The normalized spacial score (nSPS) is 10.6. The summed E-state index contributed by atoms with van der Waals surface area (Å²) in [5.41, 5.74) is 3.64. The van der Waals surface area contributed by atoms with Crippen LogP contribution >= 0.6 is 23.2 Å². The highest BCUT2D eigenvalue weighted by molar-refractivity contribution is 6.37. The van der Waals surface area contributed by atoms with Gasteiger partial charge in [0.2, 0.25) is 10.4 Å². The first-order valence-corrected chi connectivity index (χ1v) is 6.61. The Balaban J connectivity index is 2.26. The van der Waals surface area contributed by atoms with Gasteiger partial charge in [0.05, 0.1) is 0 Å². The van der Waals surface area contributed by atoms with E-state index in [1.54, 1.807) is 0 Å². The van der Waals surface area contributed by atoms with Crippen molar-refractivity contribution in [3.05, 3.63) is 71.1 Å². The van der Waals surface area contributed by atoms with Gasteiger partial charge in [0.25, 0.3) is 0 Å². The van der Waals surface area contributed by atoms with Crippen LogP contribution in [0.1, 0.15) is 0 Å². The molecule has 0 N–H and O–H groups in total. The fourth-order valence-electron chi connectivity index (χ4n) is 2.10. The number of benzene rings is 2. The zero-order valence-corrected chi connectivity index (χ0v) is 11.4. The molecule has 0 aliphatic carbocycles. The predicted octanol–water partition coefficient (Wildman–Crippen LogP) is 5.92. The van der Waals surface area contributed by atoms with Crippen molar-refractivity contribution in [3.63, 3.8) is 0 Å². The molecule has 19 heavy (non-hydrogen) atoms. The van der Waals surface area contributed by atoms with Crippen LogP contribution in [-0.4, -0.2) is 0 Å². The summed E-state index contributed by atoms with van der Waals surface area (Å²) in [6.45, 7) is 0. The van der Waals surface area contributed by atoms with Gasteiger partial charge in [-0.25, -0.2) is 0 Å². The first-order valence-electron chi connectivity index (χ1n) is 5.86. The molecular weight excluding hydrogens is 279 g/mol. The molecule has 1 aromatic heterocycles. The summed E-state index contributed by atoms with van der Waals surface area (Å²) in [5, 5.41) is 0.630. The Hall–Kier alpha value is -1.70. The van der Waals surface area contributed by atoms with E-state index < -0.39 is 0 Å². The number of furan rings is 1. The molecule has 0 aliphatic heterocycles. The lowest BCUT2D eigenvalue weighted by Crippen LogP contribution is -1.81. The molecule has 2 aromatic carbocycles. The van der Waals surface area contributed by atoms with Gasteiger partial charge < -0.3 is 4.42 Å². The van der Waals surface area contributed by atoms with Crippen LogP contribution in [0, 0.1) is 0 Å². The average Bonchev–Trinajstić information content (AvgIpc) is 2.75. The maximum Gasteiger partial charge on any atom is 0.203 e. The summed E-state index contributed by atoms with van der Waals surface area (Å²) in [4.78, 5) is 0. The number of rotatable bonds is 2. The molecule has 3 heteroatoms. The van der Waals surface area contributed by atoms with Gasteiger partial charge in [0, 0.05) is 11.1 Å². The highest BCUT2D eigenvalue weighted by Gasteiger charge is 2.20. The highest BCUT2D eigenvalue weighted by Crippen LogP contribution is 2.44. The maximum absolute atomic E-state index is 6.18. The van der Waals surface area contributed by atoms with E-state index >= 15 is 0 Å². The molecule has 0 atom stereocenters. The van der Waals surface area contributed by atoms with E-state index in [0.717, 1.165) is 22.3 Å². The number of hydrogen-bond donors (Lipinski definition) is 0. The summed E-state index contributed by atoms with van der Waals surface area (Å²) < 4.78 is 5.39. The Bertz CT molecular complexity index is 628. The van der Waals surface area contributed by atoms with Gasteiger partial charge in [0.1, 0.15) is 0 Å². The van der Waals surface area contributed by atoms with Gasteiger partial charge in [-0.05, 0) is 34.3 Å². The van der Waals surface area contributed by atoms with Crippen LogP contribution in [0.25, 0.3) is 22.3 Å². The van der Waals surface area contributed by atoms with E-state index in [-0.39, 0.29) is 0 Å². The highest BCUT2D eigenvalue weighted by atomic mass is 35.5. The fourth-order valence-corrected chi connectivity index (χ4v) is 2.70. The van der Waals surface area contributed by atoms with Gasteiger partial charge >= 0.3 is 0 Å². The van der Waals surface area contributed by atoms with E-state index in [0.29, 0.717) is 10.4 Å². The van der Waals surface area contributed by atoms with Crippen LogP contribution in [0.15, 0.2) is 65.1 Å². The molecule has 94 valence electrons. The quantitative estimate of drug-likeness (QED) is 0.570. The molecule has 3 aromatic rings. The SMILES string of the molecule is Clc1oc(Cl)c(-c2ccccc2)c1-c1ccccc1. The lowest BCUT2D eigenvalue weighted by atomic mass is 9.99. The van der Waals surface area contributed by atoms with Crippen molar-refractivity contribution in [3.8, 4) is 22.3 Å². The topological polar surface area (TPSA) is 13.1 Å². The third-order valence-electron chi connectivity index (χ3n) is 2.95. The smallest absolute Gasteiger partial charge is 0.203 e. The number of hydrogen-bond acceptors (Lipinski definition) is 1. The summed E-state index contributed by atoms with van der Waals surface area (Å²) in [6.07, 6.45) is 0. The Morgan fingerprint density at radius 1 is 0.579 bits per heavy atom. The van der Waals surface area contributed by atoms with E-state index in [4.69, 9.17) is 27.6 Å². The maximum atomic E-state index is 6.18. The fraction of sp³-hybridized carbons (Fsp3) is 0. The Labute approximate surface area is 121 Å². The second kappa shape index (κ2) is 5.12. The minimum Gasteiger partial charge on any atom is -0.432 e. The molecule has 0 saturated heterocycles. The lowest BCUT2D eigenvalue weighted by molar-refractivity contribution is 0.573. The van der Waals surface area contributed by atoms with Crippen LogP contribution in [-0.2, 0) is 0 Å². The molecule has 0 radical (unpaired) electrons. The molecule has 0 saturated carbocycles. The zero-order chi connectivity index (χ0) is 13.2. The van der Waals surface area contributed by atoms with Gasteiger partial charge in [-0.3, -0.25) is 0 Å². The lowest BCUT2D eigenvalue weighted by Gasteiger charge is -2.04. The molecule has 0 unspecified atom stereocenters. The Kier molecular flexibility index (Phi) is 3.33. The third-order valence-corrected chi connectivity index (χ3v) is 3.48. The molecule has 0 spiro atoms. The van der Waals surface area contributed by atoms with Crippen molar-refractivity contribution >= 4 is 23.2 Å². The molecule has 0 fully saturated rings. The van der Waals surface area contributed by atoms with E-state index in [2.05, 4.69) is 0 Å². The van der Waals surface area contributed by atoms with Crippen LogP contribution in [0.2, 0.25) is 10.4 Å². The predicted molar refractivity (Wildman–Crippen MR) is 79.6 cm³/mol. The first-order chi connectivity index (χ1) is 9.27. The van der Waals surface area contributed by atoms with Crippen molar-refractivity contribution in [2.24, 2.45) is 0 Å². The van der Waals surface area contributed by atoms with E-state index in [1.165, 1.54) is 0 Å². The largest absolute Gasteiger partial charge is 0.432 e. The molecular formula is C16H10Cl2O.